The third-order valence-electron chi connectivity index (χ3n) is 3.35. The lowest BCUT2D eigenvalue weighted by molar-refractivity contribution is 0.445. The number of hydrogen-bond acceptors (Lipinski definition) is 2. The fourth-order valence-corrected chi connectivity index (χ4v) is 2.31. The number of benzene rings is 2. The van der Waals surface area contributed by atoms with Crippen molar-refractivity contribution in [1.29, 1.82) is 0 Å². The van der Waals surface area contributed by atoms with Crippen molar-refractivity contribution in [3.8, 4) is 0 Å². The van der Waals surface area contributed by atoms with E-state index in [1.807, 2.05) is 30.3 Å². The molecule has 0 spiro atoms. The van der Waals surface area contributed by atoms with Gasteiger partial charge < -0.3 is 0 Å². The maximum absolute atomic E-state index is 13.7. The van der Waals surface area contributed by atoms with E-state index in [0.29, 0.717) is 6.42 Å². The van der Waals surface area contributed by atoms with Crippen molar-refractivity contribution in [2.45, 2.75) is 25.3 Å². The average molecular weight is 276 g/mol. The Morgan fingerprint density at radius 3 is 2.20 bits per heavy atom. The second-order valence-corrected chi connectivity index (χ2v) is 4.73. The molecule has 0 aliphatic carbocycles. The topological polar surface area (TPSA) is 38.0 Å². The predicted octanol–water partition coefficient (Wildman–Crippen LogP) is 3.49. The predicted molar refractivity (Wildman–Crippen MR) is 75.8 cm³/mol. The van der Waals surface area contributed by atoms with E-state index in [4.69, 9.17) is 5.84 Å². The first-order chi connectivity index (χ1) is 9.72. The summed E-state index contributed by atoms with van der Waals surface area (Å²) in [6.45, 7) is 0. The van der Waals surface area contributed by atoms with Crippen molar-refractivity contribution in [3.63, 3.8) is 0 Å². The van der Waals surface area contributed by atoms with Crippen molar-refractivity contribution >= 4 is 0 Å². The Balaban J connectivity index is 1.99. The van der Waals surface area contributed by atoms with Gasteiger partial charge in [0.25, 0.3) is 0 Å². The lowest BCUT2D eigenvalue weighted by Crippen LogP contribution is -2.29. The van der Waals surface area contributed by atoms with Crippen molar-refractivity contribution in [2.75, 3.05) is 0 Å². The van der Waals surface area contributed by atoms with Gasteiger partial charge in [-0.25, -0.2) is 8.78 Å². The highest BCUT2D eigenvalue weighted by molar-refractivity contribution is 5.23. The molecule has 0 saturated heterocycles. The SMILES string of the molecule is NNC(CCCc1ccccc1)c1c(F)cccc1F. The number of rotatable bonds is 6. The van der Waals surface area contributed by atoms with Crippen LogP contribution in [-0.2, 0) is 6.42 Å². The molecule has 0 amide bonds. The quantitative estimate of drug-likeness (QED) is 0.626. The van der Waals surface area contributed by atoms with Gasteiger partial charge in [0, 0.05) is 5.56 Å². The molecule has 0 fully saturated rings. The van der Waals surface area contributed by atoms with Crippen LogP contribution >= 0.6 is 0 Å². The standard InChI is InChI=1S/C16H18F2N2/c17-13-9-5-10-14(18)16(13)15(20-19)11-4-8-12-6-2-1-3-7-12/h1-3,5-7,9-10,15,20H,4,8,11,19H2. The van der Waals surface area contributed by atoms with Crippen molar-refractivity contribution in [3.05, 3.63) is 71.3 Å². The van der Waals surface area contributed by atoms with Gasteiger partial charge in [0.15, 0.2) is 0 Å². The minimum Gasteiger partial charge on any atom is -0.271 e. The highest BCUT2D eigenvalue weighted by Gasteiger charge is 2.18. The Hall–Kier alpha value is -1.78. The molecular formula is C16H18F2N2. The third kappa shape index (κ3) is 3.62. The van der Waals surface area contributed by atoms with Gasteiger partial charge in [-0.3, -0.25) is 11.3 Å². The number of nitrogens with two attached hydrogens (primary N) is 1. The Kier molecular flexibility index (Phi) is 5.21. The second kappa shape index (κ2) is 7.12. The number of aryl methyl sites for hydroxylation is 1. The second-order valence-electron chi connectivity index (χ2n) is 4.73. The van der Waals surface area contributed by atoms with Crippen LogP contribution < -0.4 is 11.3 Å². The Labute approximate surface area is 117 Å². The van der Waals surface area contributed by atoms with Gasteiger partial charge in [0.1, 0.15) is 11.6 Å². The van der Waals surface area contributed by atoms with E-state index < -0.39 is 17.7 Å². The summed E-state index contributed by atoms with van der Waals surface area (Å²) >= 11 is 0. The van der Waals surface area contributed by atoms with E-state index in [0.717, 1.165) is 12.8 Å². The molecule has 0 aliphatic heterocycles. The third-order valence-corrected chi connectivity index (χ3v) is 3.35. The van der Waals surface area contributed by atoms with Gasteiger partial charge in [-0.05, 0) is 37.0 Å². The highest BCUT2D eigenvalue weighted by atomic mass is 19.1. The lowest BCUT2D eigenvalue weighted by Gasteiger charge is -2.17. The fourth-order valence-electron chi connectivity index (χ4n) is 2.31. The van der Waals surface area contributed by atoms with Crippen LogP contribution in [0, 0.1) is 11.6 Å². The molecule has 2 aromatic carbocycles. The van der Waals surface area contributed by atoms with Crippen molar-refractivity contribution < 1.29 is 8.78 Å². The zero-order chi connectivity index (χ0) is 14.4. The Morgan fingerprint density at radius 1 is 0.950 bits per heavy atom. The molecule has 20 heavy (non-hydrogen) atoms. The first kappa shape index (κ1) is 14.6. The van der Waals surface area contributed by atoms with Crippen LogP contribution in [-0.4, -0.2) is 0 Å². The molecule has 106 valence electrons. The molecule has 2 rings (SSSR count). The Morgan fingerprint density at radius 2 is 1.60 bits per heavy atom. The molecular weight excluding hydrogens is 258 g/mol. The molecule has 4 heteroatoms. The summed E-state index contributed by atoms with van der Waals surface area (Å²) in [5, 5.41) is 0. The summed E-state index contributed by atoms with van der Waals surface area (Å²) in [5.41, 5.74) is 3.73. The first-order valence-corrected chi connectivity index (χ1v) is 6.66. The van der Waals surface area contributed by atoms with Crippen LogP contribution in [0.2, 0.25) is 0 Å². The smallest absolute Gasteiger partial charge is 0.130 e. The van der Waals surface area contributed by atoms with Crippen LogP contribution in [0.3, 0.4) is 0 Å². The summed E-state index contributed by atoms with van der Waals surface area (Å²) in [6.07, 6.45) is 2.23. The van der Waals surface area contributed by atoms with Gasteiger partial charge in [0.2, 0.25) is 0 Å². The average Bonchev–Trinajstić information content (AvgIpc) is 2.46. The van der Waals surface area contributed by atoms with Gasteiger partial charge in [-0.2, -0.15) is 0 Å². The minimum absolute atomic E-state index is 0.0167. The van der Waals surface area contributed by atoms with E-state index in [9.17, 15) is 8.78 Å². The van der Waals surface area contributed by atoms with Crippen LogP contribution in [0.1, 0.15) is 30.0 Å². The van der Waals surface area contributed by atoms with Crippen LogP contribution in [0.5, 0.6) is 0 Å². The molecule has 2 aromatic rings. The first-order valence-electron chi connectivity index (χ1n) is 6.66. The zero-order valence-electron chi connectivity index (χ0n) is 11.2. The molecule has 0 aliphatic rings. The molecule has 2 nitrogen and oxygen atoms in total. The van der Waals surface area contributed by atoms with Gasteiger partial charge >= 0.3 is 0 Å². The molecule has 1 unspecified atom stereocenters. The number of hydrogen-bond donors (Lipinski definition) is 2. The maximum Gasteiger partial charge on any atom is 0.130 e. The molecule has 0 radical (unpaired) electrons. The van der Waals surface area contributed by atoms with Gasteiger partial charge in [-0.1, -0.05) is 36.4 Å². The molecule has 0 saturated carbocycles. The summed E-state index contributed by atoms with van der Waals surface area (Å²) < 4.78 is 27.4. The normalized spacial score (nSPS) is 12.3. The van der Waals surface area contributed by atoms with Gasteiger partial charge in [0.05, 0.1) is 6.04 Å². The summed E-state index contributed by atoms with van der Waals surface area (Å²) in [7, 11) is 0. The molecule has 3 N–H and O–H groups in total. The molecule has 0 heterocycles. The molecule has 0 aromatic heterocycles. The summed E-state index contributed by atoms with van der Waals surface area (Å²) in [6, 6.07) is 13.3. The largest absolute Gasteiger partial charge is 0.271 e. The number of halogens is 2. The zero-order valence-corrected chi connectivity index (χ0v) is 11.2. The van der Waals surface area contributed by atoms with E-state index in [1.54, 1.807) is 0 Å². The summed E-state index contributed by atoms with van der Waals surface area (Å²) in [5.74, 6) is 4.31. The maximum atomic E-state index is 13.7. The molecule has 1 atom stereocenters. The fraction of sp³-hybridized carbons (Fsp3) is 0.250. The van der Waals surface area contributed by atoms with Crippen LogP contribution in [0.4, 0.5) is 8.78 Å². The minimum atomic E-state index is -0.562. The summed E-state index contributed by atoms with van der Waals surface area (Å²) in [4.78, 5) is 0. The van der Waals surface area contributed by atoms with Crippen molar-refractivity contribution in [2.24, 2.45) is 5.84 Å². The van der Waals surface area contributed by atoms with Crippen LogP contribution in [0.15, 0.2) is 48.5 Å². The van der Waals surface area contributed by atoms with Crippen molar-refractivity contribution in [1.82, 2.24) is 5.43 Å². The monoisotopic (exact) mass is 276 g/mol. The van der Waals surface area contributed by atoms with E-state index in [1.165, 1.54) is 23.8 Å². The van der Waals surface area contributed by atoms with E-state index >= 15 is 0 Å². The van der Waals surface area contributed by atoms with Crippen LogP contribution in [0.25, 0.3) is 0 Å². The van der Waals surface area contributed by atoms with E-state index in [2.05, 4.69) is 5.43 Å². The number of hydrazine groups is 1. The lowest BCUT2D eigenvalue weighted by atomic mass is 9.98. The van der Waals surface area contributed by atoms with E-state index in [-0.39, 0.29) is 5.56 Å². The molecule has 0 bridgehead atoms. The highest BCUT2D eigenvalue weighted by Crippen LogP contribution is 2.24. The number of nitrogens with one attached hydrogen (secondary N) is 1. The Bertz CT molecular complexity index is 523. The van der Waals surface area contributed by atoms with Gasteiger partial charge in [-0.15, -0.1) is 0 Å².